The van der Waals surface area contributed by atoms with E-state index in [2.05, 4.69) is 51.8 Å². The third-order valence-corrected chi connectivity index (χ3v) is 5.70. The van der Waals surface area contributed by atoms with E-state index in [1.165, 1.54) is 5.84 Å². The van der Waals surface area contributed by atoms with Crippen LogP contribution in [0.2, 0.25) is 0 Å². The molecule has 138 valence electrons. The summed E-state index contributed by atoms with van der Waals surface area (Å²) in [4.78, 5) is 9.42. The zero-order chi connectivity index (χ0) is 18.5. The van der Waals surface area contributed by atoms with Crippen molar-refractivity contribution in [2.24, 2.45) is 10.2 Å². The summed E-state index contributed by atoms with van der Waals surface area (Å²) in [6.45, 7) is 10.2. The molecule has 7 heteroatoms. The molecule has 0 saturated carbocycles. The van der Waals surface area contributed by atoms with Crippen molar-refractivity contribution in [1.82, 2.24) is 19.5 Å². The number of fused-ring (bicyclic) bond motifs is 2. The fourth-order valence-electron chi connectivity index (χ4n) is 4.04. The van der Waals surface area contributed by atoms with E-state index >= 15 is 0 Å². The van der Waals surface area contributed by atoms with Gasteiger partial charge >= 0.3 is 0 Å². The summed E-state index contributed by atoms with van der Waals surface area (Å²) in [7, 11) is 2.18. The minimum Gasteiger partial charge on any atom is -0.356 e. The monoisotopic (exact) mass is 362 g/mol. The lowest BCUT2D eigenvalue weighted by molar-refractivity contribution is -0.431. The normalized spacial score (nSPS) is 19.6. The zero-order valence-corrected chi connectivity index (χ0v) is 15.9. The summed E-state index contributed by atoms with van der Waals surface area (Å²) in [5.41, 5.74) is 5.30. The van der Waals surface area contributed by atoms with Gasteiger partial charge in [0.25, 0.3) is 0 Å². The average molecular weight is 362 g/mol. The minimum absolute atomic E-state index is 0.934. The van der Waals surface area contributed by atoms with Crippen LogP contribution in [0.4, 0.5) is 5.69 Å². The van der Waals surface area contributed by atoms with Crippen LogP contribution in [0.3, 0.4) is 0 Å². The maximum Gasteiger partial charge on any atom is 0.246 e. The maximum atomic E-state index is 4.98. The van der Waals surface area contributed by atoms with Gasteiger partial charge in [-0.3, -0.25) is 0 Å². The number of hydrogen-bond donors (Lipinski definition) is 0. The van der Waals surface area contributed by atoms with Crippen LogP contribution in [0.25, 0.3) is 11.3 Å². The first kappa shape index (κ1) is 16.4. The van der Waals surface area contributed by atoms with Crippen LogP contribution < -0.4 is 0 Å². The van der Waals surface area contributed by atoms with E-state index in [0.717, 1.165) is 73.1 Å². The molecule has 0 N–H and O–H groups in total. The average Bonchev–Trinajstić information content (AvgIpc) is 3.22. The van der Waals surface area contributed by atoms with Crippen molar-refractivity contribution >= 4 is 24.0 Å². The van der Waals surface area contributed by atoms with Gasteiger partial charge in [-0.15, -0.1) is 0 Å². The highest BCUT2D eigenvalue weighted by Gasteiger charge is 2.27. The number of benzene rings is 1. The molecule has 5 rings (SSSR count). The van der Waals surface area contributed by atoms with E-state index < -0.39 is 0 Å². The van der Waals surface area contributed by atoms with Gasteiger partial charge in [-0.25, -0.2) is 9.66 Å². The van der Waals surface area contributed by atoms with E-state index in [9.17, 15) is 0 Å². The minimum atomic E-state index is 0.934. The largest absolute Gasteiger partial charge is 0.356 e. The molecular formula is C20H24N7+. The topological polar surface area (TPSA) is 52.0 Å². The Bertz CT molecular complexity index is 990. The summed E-state index contributed by atoms with van der Waals surface area (Å²) in [5.74, 6) is 2.21. The fraction of sp³-hybridized carbons (Fsp3) is 0.400. The smallest absolute Gasteiger partial charge is 0.246 e. The number of likely N-dealkylation sites (N-methyl/N-ethyl adjacent to an activating group) is 1. The van der Waals surface area contributed by atoms with Gasteiger partial charge in [-0.05, 0) is 26.1 Å². The summed E-state index contributed by atoms with van der Waals surface area (Å²) in [5, 5.41) is 9.41. The van der Waals surface area contributed by atoms with Gasteiger partial charge in [-0.1, -0.05) is 4.68 Å². The first-order chi connectivity index (χ1) is 13.1. The molecule has 2 aromatic rings. The third kappa shape index (κ3) is 2.70. The molecule has 0 bridgehead atoms. The lowest BCUT2D eigenvalue weighted by Gasteiger charge is -2.35. The number of aryl methyl sites for hydroxylation is 1. The van der Waals surface area contributed by atoms with Crippen LogP contribution in [0.5, 0.6) is 0 Å². The van der Waals surface area contributed by atoms with Crippen molar-refractivity contribution in [1.29, 1.82) is 0 Å². The van der Waals surface area contributed by atoms with Gasteiger partial charge in [0.2, 0.25) is 5.69 Å². The molecule has 1 saturated heterocycles. The number of piperazine rings is 1. The summed E-state index contributed by atoms with van der Waals surface area (Å²) < 4.78 is 3.71. The zero-order valence-electron chi connectivity index (χ0n) is 15.9. The first-order valence-corrected chi connectivity index (χ1v) is 9.49. The molecule has 7 nitrogen and oxygen atoms in total. The van der Waals surface area contributed by atoms with Gasteiger partial charge < -0.3 is 9.80 Å². The van der Waals surface area contributed by atoms with Crippen LogP contribution in [-0.2, 0) is 6.42 Å². The van der Waals surface area contributed by atoms with Crippen LogP contribution in [0, 0.1) is 0 Å². The molecule has 1 aromatic heterocycles. The van der Waals surface area contributed by atoms with Crippen LogP contribution in [-0.4, -0.2) is 75.6 Å². The highest BCUT2D eigenvalue weighted by Crippen LogP contribution is 2.32. The van der Waals surface area contributed by atoms with Crippen molar-refractivity contribution in [2.75, 3.05) is 33.2 Å². The molecule has 1 aromatic carbocycles. The summed E-state index contributed by atoms with van der Waals surface area (Å²) in [6.07, 6.45) is 3.84. The van der Waals surface area contributed by atoms with Gasteiger partial charge in [0.15, 0.2) is 6.72 Å². The van der Waals surface area contributed by atoms with Crippen molar-refractivity contribution < 1.29 is 4.68 Å². The van der Waals surface area contributed by atoms with E-state index in [4.69, 9.17) is 5.10 Å². The molecule has 3 aliphatic heterocycles. The van der Waals surface area contributed by atoms with E-state index in [1.54, 1.807) is 4.68 Å². The Hall–Kier alpha value is -2.80. The van der Waals surface area contributed by atoms with Crippen molar-refractivity contribution in [3.8, 4) is 11.3 Å². The number of nitrogens with zero attached hydrogens (tertiary/aromatic N) is 7. The van der Waals surface area contributed by atoms with Crippen LogP contribution in [0.15, 0.2) is 34.6 Å². The second-order valence-corrected chi connectivity index (χ2v) is 7.49. The molecular weight excluding hydrogens is 338 g/mol. The lowest BCUT2D eigenvalue weighted by Crippen LogP contribution is -2.48. The van der Waals surface area contributed by atoms with Crippen LogP contribution in [0.1, 0.15) is 24.7 Å². The van der Waals surface area contributed by atoms with Crippen molar-refractivity contribution in [3.05, 3.63) is 35.8 Å². The Morgan fingerprint density at radius 3 is 2.74 bits per heavy atom. The van der Waals surface area contributed by atoms with Crippen LogP contribution >= 0.6 is 0 Å². The predicted octanol–water partition coefficient (Wildman–Crippen LogP) is 1.99. The molecule has 3 aliphatic rings. The van der Waals surface area contributed by atoms with E-state index in [1.807, 2.05) is 17.8 Å². The summed E-state index contributed by atoms with van der Waals surface area (Å²) >= 11 is 0. The number of aromatic nitrogens is 2. The Labute approximate surface area is 158 Å². The number of hydrazone groups is 1. The first-order valence-electron chi connectivity index (χ1n) is 9.49. The summed E-state index contributed by atoms with van der Waals surface area (Å²) in [6, 6.07) is 6.35. The molecule has 0 spiro atoms. The number of imidazole rings is 1. The molecule has 27 heavy (non-hydrogen) atoms. The Morgan fingerprint density at radius 2 is 1.93 bits per heavy atom. The van der Waals surface area contributed by atoms with Gasteiger partial charge in [0.05, 0.1) is 17.5 Å². The number of rotatable bonds is 1. The van der Waals surface area contributed by atoms with Crippen molar-refractivity contribution in [2.45, 2.75) is 19.8 Å². The predicted molar refractivity (Wildman–Crippen MR) is 107 cm³/mol. The Kier molecular flexibility index (Phi) is 3.72. The molecule has 0 atom stereocenters. The molecule has 0 radical (unpaired) electrons. The Balaban J connectivity index is 1.51. The Morgan fingerprint density at radius 1 is 1.11 bits per heavy atom. The second-order valence-electron chi connectivity index (χ2n) is 7.49. The third-order valence-electron chi connectivity index (χ3n) is 5.70. The van der Waals surface area contributed by atoms with Gasteiger partial charge in [0.1, 0.15) is 17.4 Å². The molecule has 0 aliphatic carbocycles. The standard InChI is InChI=1S/C20H24N7/c1-14-16-12-15(4-5-17(16)25(3)22-14)18-13-21-19-6-7-20(23-27(18)19)26-10-8-24(2)9-11-26/h4-5,12-13H,3,6-11H2,1-2H3/q+1. The number of amidine groups is 1. The SMILES string of the molecule is C=[N+]1N=C(C)c2cc(-c3cnc4n3N=C(N3CCN(C)CC3)CC4)ccc21. The lowest BCUT2D eigenvalue weighted by atomic mass is 10.0. The highest BCUT2D eigenvalue weighted by atomic mass is 15.4. The van der Waals surface area contributed by atoms with E-state index in [0.29, 0.717) is 0 Å². The van der Waals surface area contributed by atoms with Gasteiger partial charge in [0, 0.05) is 55.8 Å². The number of hydrogen-bond acceptors (Lipinski definition) is 5. The molecule has 4 heterocycles. The molecule has 0 amide bonds. The fourth-order valence-corrected chi connectivity index (χ4v) is 4.04. The molecule has 0 unspecified atom stereocenters. The van der Waals surface area contributed by atoms with Crippen molar-refractivity contribution in [3.63, 3.8) is 0 Å². The quantitative estimate of drug-likeness (QED) is 0.729. The second kappa shape index (κ2) is 6.13. The highest BCUT2D eigenvalue weighted by molar-refractivity contribution is 6.04. The molecule has 1 fully saturated rings. The van der Waals surface area contributed by atoms with Gasteiger partial charge in [-0.2, -0.15) is 5.10 Å². The van der Waals surface area contributed by atoms with E-state index in [-0.39, 0.29) is 0 Å². The maximum absolute atomic E-state index is 4.98.